The molecule has 1 rings (SSSR count). The van der Waals surface area contributed by atoms with Gasteiger partial charge in [0.05, 0.1) is 11.9 Å². The van der Waals surface area contributed by atoms with E-state index in [0.717, 1.165) is 11.0 Å². The van der Waals surface area contributed by atoms with Crippen LogP contribution in [-0.2, 0) is 0 Å². The van der Waals surface area contributed by atoms with E-state index in [1.54, 1.807) is 18.3 Å². The van der Waals surface area contributed by atoms with Gasteiger partial charge in [-0.3, -0.25) is 0 Å². The van der Waals surface area contributed by atoms with Crippen molar-refractivity contribution in [3.05, 3.63) is 22.9 Å². The number of pyridine rings is 1. The van der Waals surface area contributed by atoms with E-state index in [-0.39, 0.29) is 6.03 Å². The molecule has 0 aliphatic heterocycles. The molecule has 0 bridgehead atoms. The van der Waals surface area contributed by atoms with E-state index in [4.69, 9.17) is 0 Å². The number of amides is 2. The number of hydrogen-bond donors (Lipinski definition) is 2. The van der Waals surface area contributed by atoms with Crippen molar-refractivity contribution < 1.29 is 4.79 Å². The Hall–Kier alpha value is -1.10. The van der Waals surface area contributed by atoms with Crippen LogP contribution in [0.5, 0.6) is 0 Å². The van der Waals surface area contributed by atoms with E-state index in [9.17, 15) is 4.79 Å². The lowest BCUT2D eigenvalue weighted by atomic mass is 10.4. The molecule has 0 aliphatic rings. The minimum absolute atomic E-state index is 0.198. The summed E-state index contributed by atoms with van der Waals surface area (Å²) < 4.78 is 0.747. The molecule has 2 N–H and O–H groups in total. The molecule has 14 heavy (non-hydrogen) atoms. The van der Waals surface area contributed by atoms with Crippen LogP contribution in [0.2, 0.25) is 0 Å². The highest BCUT2D eigenvalue weighted by atomic mass is 79.9. The van der Waals surface area contributed by atoms with Crippen molar-refractivity contribution in [3.63, 3.8) is 0 Å². The molecule has 0 saturated carbocycles. The van der Waals surface area contributed by atoms with Crippen molar-refractivity contribution in [1.82, 2.24) is 10.3 Å². The number of rotatable bonds is 3. The topological polar surface area (TPSA) is 54.0 Å². The number of nitrogens with one attached hydrogen (secondary N) is 2. The third-order valence-electron chi connectivity index (χ3n) is 1.52. The zero-order valence-electron chi connectivity index (χ0n) is 7.88. The van der Waals surface area contributed by atoms with Gasteiger partial charge in [0.2, 0.25) is 0 Å². The first-order valence-corrected chi connectivity index (χ1v) is 5.18. The molecule has 0 aromatic carbocycles. The fourth-order valence-electron chi connectivity index (χ4n) is 0.864. The molecule has 2 amide bonds. The van der Waals surface area contributed by atoms with E-state index in [0.29, 0.717) is 12.2 Å². The molecule has 1 aromatic rings. The van der Waals surface area contributed by atoms with Gasteiger partial charge < -0.3 is 10.6 Å². The molecule has 76 valence electrons. The number of hydrogen-bond acceptors (Lipinski definition) is 2. The highest BCUT2D eigenvalue weighted by Gasteiger charge is 1.99. The summed E-state index contributed by atoms with van der Waals surface area (Å²) in [7, 11) is 0. The number of carbonyl (C=O) groups is 1. The minimum Gasteiger partial charge on any atom is -0.338 e. The lowest BCUT2D eigenvalue weighted by Crippen LogP contribution is -2.29. The lowest BCUT2D eigenvalue weighted by Gasteiger charge is -2.05. The van der Waals surface area contributed by atoms with Gasteiger partial charge in [0.25, 0.3) is 0 Å². The van der Waals surface area contributed by atoms with Crippen LogP contribution in [0.4, 0.5) is 10.5 Å². The number of nitrogens with zero attached hydrogens (tertiary/aromatic N) is 1. The Morgan fingerprint density at radius 2 is 2.36 bits per heavy atom. The van der Waals surface area contributed by atoms with E-state index in [2.05, 4.69) is 31.5 Å². The fourth-order valence-corrected chi connectivity index (χ4v) is 1.10. The summed E-state index contributed by atoms with van der Waals surface area (Å²) in [5.74, 6) is 0. The summed E-state index contributed by atoms with van der Waals surface area (Å²) in [6.07, 6.45) is 2.52. The first-order valence-electron chi connectivity index (χ1n) is 4.38. The molecule has 0 fully saturated rings. The Balaban J connectivity index is 2.44. The van der Waals surface area contributed by atoms with Crippen molar-refractivity contribution in [2.45, 2.75) is 13.3 Å². The van der Waals surface area contributed by atoms with Gasteiger partial charge in [-0.25, -0.2) is 9.78 Å². The normalized spacial score (nSPS) is 9.57. The van der Waals surface area contributed by atoms with Crippen LogP contribution in [0.25, 0.3) is 0 Å². The molecule has 1 aromatic heterocycles. The van der Waals surface area contributed by atoms with Crippen molar-refractivity contribution in [2.75, 3.05) is 11.9 Å². The van der Waals surface area contributed by atoms with Gasteiger partial charge in [-0.15, -0.1) is 0 Å². The van der Waals surface area contributed by atoms with Crippen molar-refractivity contribution in [3.8, 4) is 0 Å². The lowest BCUT2D eigenvalue weighted by molar-refractivity contribution is 0.252. The van der Waals surface area contributed by atoms with Crippen molar-refractivity contribution >= 4 is 27.6 Å². The van der Waals surface area contributed by atoms with E-state index >= 15 is 0 Å². The average Bonchev–Trinajstić information content (AvgIpc) is 2.18. The number of carbonyl (C=O) groups excluding carboxylic acids is 1. The number of halogens is 1. The van der Waals surface area contributed by atoms with E-state index in [1.807, 2.05) is 6.92 Å². The van der Waals surface area contributed by atoms with E-state index in [1.165, 1.54) is 0 Å². The Morgan fingerprint density at radius 1 is 1.57 bits per heavy atom. The van der Waals surface area contributed by atoms with Crippen LogP contribution >= 0.6 is 15.9 Å². The molecule has 4 nitrogen and oxygen atoms in total. The summed E-state index contributed by atoms with van der Waals surface area (Å²) in [5, 5.41) is 5.38. The summed E-state index contributed by atoms with van der Waals surface area (Å²) >= 11 is 3.21. The fraction of sp³-hybridized carbons (Fsp3) is 0.333. The van der Waals surface area contributed by atoms with Gasteiger partial charge in [0, 0.05) is 6.54 Å². The second-order valence-corrected chi connectivity index (χ2v) is 3.56. The second kappa shape index (κ2) is 5.59. The summed E-state index contributed by atoms with van der Waals surface area (Å²) in [4.78, 5) is 15.2. The first-order chi connectivity index (χ1) is 6.72. The predicted molar refractivity (Wildman–Crippen MR) is 59.2 cm³/mol. The molecule has 5 heteroatoms. The maximum absolute atomic E-state index is 11.2. The molecule has 0 unspecified atom stereocenters. The standard InChI is InChI=1S/C9H12BrN3O/c1-2-5-11-9(14)13-7-3-4-8(10)12-6-7/h3-4,6H,2,5H2,1H3,(H2,11,13,14). The monoisotopic (exact) mass is 257 g/mol. The Morgan fingerprint density at radius 3 is 2.93 bits per heavy atom. The summed E-state index contributed by atoms with van der Waals surface area (Å²) in [6.45, 7) is 2.68. The van der Waals surface area contributed by atoms with Crippen LogP contribution in [-0.4, -0.2) is 17.6 Å². The van der Waals surface area contributed by atoms with Crippen LogP contribution < -0.4 is 10.6 Å². The Bertz CT molecular complexity index is 299. The number of aromatic nitrogens is 1. The molecule has 0 spiro atoms. The van der Waals surface area contributed by atoms with Crippen LogP contribution in [0, 0.1) is 0 Å². The SMILES string of the molecule is CCCNC(=O)Nc1ccc(Br)nc1. The van der Waals surface area contributed by atoms with Crippen LogP contribution in [0.1, 0.15) is 13.3 Å². The highest BCUT2D eigenvalue weighted by molar-refractivity contribution is 9.10. The Kier molecular flexibility index (Phi) is 4.39. The van der Waals surface area contributed by atoms with Gasteiger partial charge >= 0.3 is 6.03 Å². The maximum atomic E-state index is 11.2. The molecular weight excluding hydrogens is 246 g/mol. The molecular formula is C9H12BrN3O. The van der Waals surface area contributed by atoms with Crippen LogP contribution in [0.3, 0.4) is 0 Å². The van der Waals surface area contributed by atoms with Gasteiger partial charge in [0.1, 0.15) is 4.60 Å². The van der Waals surface area contributed by atoms with Gasteiger partial charge in [-0.2, -0.15) is 0 Å². The van der Waals surface area contributed by atoms with Gasteiger partial charge in [-0.05, 0) is 34.5 Å². The number of anilines is 1. The zero-order valence-corrected chi connectivity index (χ0v) is 9.47. The molecule has 0 radical (unpaired) electrons. The Labute approximate surface area is 91.2 Å². The van der Waals surface area contributed by atoms with Crippen molar-refractivity contribution in [1.29, 1.82) is 0 Å². The third kappa shape index (κ3) is 3.74. The van der Waals surface area contributed by atoms with Gasteiger partial charge in [0.15, 0.2) is 0 Å². The molecule has 0 aliphatic carbocycles. The zero-order chi connectivity index (χ0) is 10.4. The maximum Gasteiger partial charge on any atom is 0.319 e. The largest absolute Gasteiger partial charge is 0.338 e. The van der Waals surface area contributed by atoms with Gasteiger partial charge in [-0.1, -0.05) is 6.92 Å². The van der Waals surface area contributed by atoms with E-state index < -0.39 is 0 Å². The van der Waals surface area contributed by atoms with Crippen LogP contribution in [0.15, 0.2) is 22.9 Å². The average molecular weight is 258 g/mol. The molecule has 1 heterocycles. The summed E-state index contributed by atoms with van der Waals surface area (Å²) in [6, 6.07) is 3.36. The quantitative estimate of drug-likeness (QED) is 0.818. The second-order valence-electron chi connectivity index (χ2n) is 2.75. The predicted octanol–water partition coefficient (Wildman–Crippen LogP) is 2.38. The molecule has 0 atom stereocenters. The summed E-state index contributed by atoms with van der Waals surface area (Å²) in [5.41, 5.74) is 0.682. The highest BCUT2D eigenvalue weighted by Crippen LogP contribution is 2.09. The van der Waals surface area contributed by atoms with Crippen molar-refractivity contribution in [2.24, 2.45) is 0 Å². The third-order valence-corrected chi connectivity index (χ3v) is 1.99. The first kappa shape index (κ1) is 11.0. The smallest absolute Gasteiger partial charge is 0.319 e. The number of urea groups is 1. The minimum atomic E-state index is -0.198. The molecule has 0 saturated heterocycles.